The van der Waals surface area contributed by atoms with Crippen molar-refractivity contribution in [1.82, 2.24) is 0 Å². The first-order chi connectivity index (χ1) is 18.8. The van der Waals surface area contributed by atoms with E-state index in [-0.39, 0.29) is 30.5 Å². The van der Waals surface area contributed by atoms with E-state index in [0.717, 1.165) is 69.1 Å². The molecule has 7 nitrogen and oxygen atoms in total. The molecule has 210 valence electrons. The van der Waals surface area contributed by atoms with Gasteiger partial charge >= 0.3 is 11.9 Å². The molecule has 0 bridgehead atoms. The first-order valence-corrected chi connectivity index (χ1v) is 13.9. The molecule has 1 atom stereocenters. The molecule has 0 radical (unpaired) electrons. The first kappa shape index (κ1) is 30.0. The minimum absolute atomic E-state index is 0.0397. The zero-order chi connectivity index (χ0) is 28.0. The van der Waals surface area contributed by atoms with Gasteiger partial charge in [-0.05, 0) is 92.5 Å². The molecule has 2 aromatic carbocycles. The Bertz CT molecular complexity index is 1080. The summed E-state index contributed by atoms with van der Waals surface area (Å²) in [5.41, 5.74) is 14.6. The number of esters is 2. The number of allylic oxidation sites excluding steroid dienone is 1. The third kappa shape index (κ3) is 10.6. The van der Waals surface area contributed by atoms with Crippen molar-refractivity contribution in [3.05, 3.63) is 72.3 Å². The summed E-state index contributed by atoms with van der Waals surface area (Å²) >= 11 is 0. The van der Waals surface area contributed by atoms with Crippen LogP contribution < -0.4 is 16.2 Å². The van der Waals surface area contributed by atoms with Crippen molar-refractivity contribution >= 4 is 29.4 Å². The fraction of sp³-hybridized carbons (Fsp3) is 0.438. The molecule has 1 aliphatic rings. The van der Waals surface area contributed by atoms with Crippen LogP contribution in [0.5, 0.6) is 5.75 Å². The fourth-order valence-electron chi connectivity index (χ4n) is 4.63. The molecule has 0 heterocycles. The number of ether oxygens (including phenoxy) is 3. The molecule has 1 unspecified atom stereocenters. The smallest absolute Gasteiger partial charge is 0.330 e. The molecule has 39 heavy (non-hydrogen) atoms. The van der Waals surface area contributed by atoms with Gasteiger partial charge in [0, 0.05) is 30.0 Å². The van der Waals surface area contributed by atoms with Crippen LogP contribution in [-0.4, -0.2) is 31.3 Å². The second-order valence-corrected chi connectivity index (χ2v) is 10.3. The van der Waals surface area contributed by atoms with Gasteiger partial charge in [-0.25, -0.2) is 4.79 Å². The molecular formula is C32H42N2O5. The summed E-state index contributed by atoms with van der Waals surface area (Å²) < 4.78 is 17.0. The van der Waals surface area contributed by atoms with Crippen LogP contribution in [-0.2, 0) is 19.1 Å². The topological polar surface area (TPSA) is 114 Å². The lowest BCUT2D eigenvalue weighted by atomic mass is 9.87. The van der Waals surface area contributed by atoms with E-state index < -0.39 is 5.97 Å². The summed E-state index contributed by atoms with van der Waals surface area (Å²) in [6.45, 7) is 6.69. The highest BCUT2D eigenvalue weighted by Crippen LogP contribution is 2.28. The van der Waals surface area contributed by atoms with Crippen molar-refractivity contribution in [2.75, 3.05) is 24.7 Å². The summed E-state index contributed by atoms with van der Waals surface area (Å²) in [7, 11) is 0. The molecule has 1 fully saturated rings. The maximum absolute atomic E-state index is 12.6. The number of hydrogen-bond acceptors (Lipinski definition) is 7. The standard InChI is InChI=1S/C32H42N2O5/c1-3-4-5-6-7-18-37-29-15-11-25(12-16-29)32(36)39-30-13-8-24(9-14-30)10-17-31(35)38-22-23(2)26-19-27(33)21-28(34)20-26/h3,8-10,13-14,17,19-21,23,25,29H,1,4-7,11-12,15-16,18,22,33-34H2,2H3/b17-10+. The lowest BCUT2D eigenvalue weighted by Gasteiger charge is -2.27. The molecule has 3 rings (SSSR count). The Morgan fingerprint density at radius 2 is 1.69 bits per heavy atom. The summed E-state index contributed by atoms with van der Waals surface area (Å²) in [4.78, 5) is 24.8. The highest BCUT2D eigenvalue weighted by molar-refractivity contribution is 5.87. The molecule has 0 amide bonds. The summed E-state index contributed by atoms with van der Waals surface area (Å²) in [6.07, 6.45) is 13.0. The van der Waals surface area contributed by atoms with E-state index in [2.05, 4.69) is 6.58 Å². The minimum atomic E-state index is -0.443. The summed E-state index contributed by atoms with van der Waals surface area (Å²) in [5, 5.41) is 0. The van der Waals surface area contributed by atoms with Crippen LogP contribution in [0.3, 0.4) is 0 Å². The summed E-state index contributed by atoms with van der Waals surface area (Å²) in [6, 6.07) is 12.4. The van der Waals surface area contributed by atoms with Crippen molar-refractivity contribution in [3.63, 3.8) is 0 Å². The number of hydrogen-bond donors (Lipinski definition) is 2. The van der Waals surface area contributed by atoms with E-state index in [1.165, 1.54) is 6.08 Å². The van der Waals surface area contributed by atoms with Gasteiger partial charge in [0.1, 0.15) is 5.75 Å². The number of nitrogen functional groups attached to an aromatic ring is 2. The number of carbonyl (C=O) groups is 2. The Hall–Kier alpha value is -3.58. The van der Waals surface area contributed by atoms with E-state index in [1.54, 1.807) is 36.4 Å². The molecule has 2 aromatic rings. The number of anilines is 2. The molecule has 0 saturated heterocycles. The van der Waals surface area contributed by atoms with Gasteiger partial charge in [-0.15, -0.1) is 6.58 Å². The highest BCUT2D eigenvalue weighted by Gasteiger charge is 2.28. The van der Waals surface area contributed by atoms with Crippen molar-refractivity contribution < 1.29 is 23.8 Å². The first-order valence-electron chi connectivity index (χ1n) is 13.9. The number of unbranched alkanes of at least 4 members (excludes halogenated alkanes) is 3. The van der Waals surface area contributed by atoms with E-state index in [9.17, 15) is 9.59 Å². The van der Waals surface area contributed by atoms with Crippen LogP contribution in [0.25, 0.3) is 6.08 Å². The average Bonchev–Trinajstić information content (AvgIpc) is 2.93. The normalized spacial score (nSPS) is 18.0. The molecule has 0 aliphatic heterocycles. The van der Waals surface area contributed by atoms with Crippen molar-refractivity contribution in [3.8, 4) is 5.75 Å². The number of carbonyl (C=O) groups excluding carboxylic acids is 2. The number of nitrogens with two attached hydrogens (primary N) is 2. The van der Waals surface area contributed by atoms with Gasteiger partial charge in [0.2, 0.25) is 0 Å². The molecule has 4 N–H and O–H groups in total. The van der Waals surface area contributed by atoms with Crippen LogP contribution >= 0.6 is 0 Å². The molecule has 1 aliphatic carbocycles. The largest absolute Gasteiger partial charge is 0.462 e. The molecule has 0 aromatic heterocycles. The Labute approximate surface area is 232 Å². The van der Waals surface area contributed by atoms with Crippen molar-refractivity contribution in [1.29, 1.82) is 0 Å². The fourth-order valence-corrected chi connectivity index (χ4v) is 4.63. The van der Waals surface area contributed by atoms with Gasteiger partial charge in [0.25, 0.3) is 0 Å². The maximum Gasteiger partial charge on any atom is 0.330 e. The average molecular weight is 535 g/mol. The summed E-state index contributed by atoms with van der Waals surface area (Å²) in [5.74, 6) is -0.282. The van der Waals surface area contributed by atoms with Gasteiger partial charge in [0.15, 0.2) is 0 Å². The van der Waals surface area contributed by atoms with Crippen LogP contribution in [0, 0.1) is 5.92 Å². The predicted molar refractivity (Wildman–Crippen MR) is 156 cm³/mol. The SMILES string of the molecule is C=CCCCCCOC1CCC(C(=O)Oc2ccc(/C=C/C(=O)OCC(C)c3cc(N)cc(N)c3)cc2)CC1. The van der Waals surface area contributed by atoms with E-state index in [4.69, 9.17) is 25.7 Å². The number of benzene rings is 2. The third-order valence-corrected chi connectivity index (χ3v) is 6.97. The molecule has 7 heteroatoms. The lowest BCUT2D eigenvalue weighted by molar-refractivity contribution is -0.141. The Kier molecular flexibility index (Phi) is 12.1. The van der Waals surface area contributed by atoms with E-state index >= 15 is 0 Å². The van der Waals surface area contributed by atoms with Gasteiger partial charge in [-0.1, -0.05) is 31.6 Å². The second kappa shape index (κ2) is 15.7. The Balaban J connectivity index is 1.36. The van der Waals surface area contributed by atoms with Crippen LogP contribution in [0.2, 0.25) is 0 Å². The second-order valence-electron chi connectivity index (χ2n) is 10.3. The molecular weight excluding hydrogens is 492 g/mol. The number of rotatable bonds is 14. The van der Waals surface area contributed by atoms with Gasteiger partial charge in [-0.2, -0.15) is 0 Å². The van der Waals surface area contributed by atoms with Crippen molar-refractivity contribution in [2.24, 2.45) is 5.92 Å². The quantitative estimate of drug-likeness (QED) is 0.0716. The zero-order valence-electron chi connectivity index (χ0n) is 23.0. The van der Waals surface area contributed by atoms with Gasteiger partial charge < -0.3 is 25.7 Å². The van der Waals surface area contributed by atoms with Crippen LogP contribution in [0.1, 0.15) is 75.3 Å². The maximum atomic E-state index is 12.6. The van der Waals surface area contributed by atoms with Gasteiger partial charge in [0.05, 0.1) is 18.6 Å². The highest BCUT2D eigenvalue weighted by atomic mass is 16.5. The van der Waals surface area contributed by atoms with E-state index in [1.807, 2.05) is 25.1 Å². The molecule has 0 spiro atoms. The predicted octanol–water partition coefficient (Wildman–Crippen LogP) is 6.44. The third-order valence-electron chi connectivity index (χ3n) is 6.97. The van der Waals surface area contributed by atoms with Crippen LogP contribution in [0.4, 0.5) is 11.4 Å². The zero-order valence-corrected chi connectivity index (χ0v) is 23.0. The van der Waals surface area contributed by atoms with Crippen molar-refractivity contribution in [2.45, 2.75) is 70.3 Å². The minimum Gasteiger partial charge on any atom is -0.462 e. The van der Waals surface area contributed by atoms with Crippen LogP contribution in [0.15, 0.2) is 61.2 Å². The molecule has 1 saturated carbocycles. The monoisotopic (exact) mass is 534 g/mol. The lowest BCUT2D eigenvalue weighted by Crippen LogP contribution is -2.29. The Morgan fingerprint density at radius 1 is 1.00 bits per heavy atom. The van der Waals surface area contributed by atoms with E-state index in [0.29, 0.717) is 17.1 Å². The van der Waals surface area contributed by atoms with Gasteiger partial charge in [-0.3, -0.25) is 4.79 Å². The Morgan fingerprint density at radius 3 is 2.36 bits per heavy atom.